The van der Waals surface area contributed by atoms with Crippen molar-refractivity contribution >= 4 is 54.1 Å². The normalized spacial score (nSPS) is 13.4. The van der Waals surface area contributed by atoms with Gasteiger partial charge in [0.05, 0.1) is 16.4 Å². The summed E-state index contributed by atoms with van der Waals surface area (Å²) in [5.74, 6) is 0. The minimum absolute atomic E-state index is 0.419. The smallest absolute Gasteiger partial charge is 0.0794 e. The largest absolute Gasteiger partial charge is 0.246 e. The number of hydrogen-bond acceptors (Lipinski definition) is 1. The standard InChI is InChI=1S/C56H33N/c1-3-17-39-34(13-1)27-29-46-52(47-30-28-35-14-2-4-18-40(35)55(47)57-54(39)46)37-16-11-15-36(33-37)38-31-32-45-43-21-7-10-25-50(43)56(51-26-12-22-44(38)53(45)51)48-23-8-5-19-41(48)42-20-6-9-24-49(42)56/h1-33H. The fraction of sp³-hybridized carbons (Fsp3) is 0.0179. The lowest BCUT2D eigenvalue weighted by molar-refractivity contribution is 0.773. The van der Waals surface area contributed by atoms with E-state index >= 15 is 0 Å². The number of nitrogens with zero attached hydrogens (tertiary/aromatic N) is 1. The summed E-state index contributed by atoms with van der Waals surface area (Å²) in [6, 6.07) is 74.5. The molecule has 0 unspecified atom stereocenters. The van der Waals surface area contributed by atoms with Crippen LogP contribution in [-0.2, 0) is 5.41 Å². The predicted octanol–water partition coefficient (Wildman–Crippen LogP) is 14.5. The molecule has 57 heavy (non-hydrogen) atoms. The maximum Gasteiger partial charge on any atom is 0.0794 e. The third-order valence-electron chi connectivity index (χ3n) is 13.0. The molecule has 0 atom stereocenters. The van der Waals surface area contributed by atoms with E-state index in [0.29, 0.717) is 0 Å². The van der Waals surface area contributed by atoms with Crippen molar-refractivity contribution in [2.75, 3.05) is 0 Å². The zero-order valence-electron chi connectivity index (χ0n) is 31.0. The Kier molecular flexibility index (Phi) is 6.16. The first-order chi connectivity index (χ1) is 28.3. The van der Waals surface area contributed by atoms with Gasteiger partial charge in [0, 0.05) is 27.1 Å². The average Bonchev–Trinajstić information content (AvgIpc) is 3.58. The molecular weight excluding hydrogens is 687 g/mol. The molecule has 0 saturated carbocycles. The predicted molar refractivity (Wildman–Crippen MR) is 239 cm³/mol. The quantitative estimate of drug-likeness (QED) is 0.128. The topological polar surface area (TPSA) is 12.9 Å². The maximum absolute atomic E-state index is 5.46. The molecule has 0 aliphatic heterocycles. The molecule has 262 valence electrons. The van der Waals surface area contributed by atoms with Gasteiger partial charge < -0.3 is 0 Å². The minimum Gasteiger partial charge on any atom is -0.246 e. The van der Waals surface area contributed by atoms with Crippen LogP contribution in [0.5, 0.6) is 0 Å². The third-order valence-corrected chi connectivity index (χ3v) is 13.0. The summed E-state index contributed by atoms with van der Waals surface area (Å²) in [7, 11) is 0. The van der Waals surface area contributed by atoms with E-state index in [1.807, 2.05) is 0 Å². The van der Waals surface area contributed by atoms with Gasteiger partial charge in [-0.05, 0) is 88.8 Å². The van der Waals surface area contributed by atoms with Crippen LogP contribution in [-0.4, -0.2) is 4.98 Å². The molecule has 1 spiro atoms. The van der Waals surface area contributed by atoms with Gasteiger partial charge in [-0.15, -0.1) is 0 Å². The van der Waals surface area contributed by atoms with Crippen LogP contribution in [0.15, 0.2) is 200 Å². The molecule has 1 heterocycles. The van der Waals surface area contributed by atoms with Crippen molar-refractivity contribution in [1.29, 1.82) is 0 Å². The van der Waals surface area contributed by atoms with Crippen LogP contribution in [0.1, 0.15) is 22.3 Å². The molecule has 2 aliphatic carbocycles. The molecule has 0 radical (unpaired) electrons. The van der Waals surface area contributed by atoms with Crippen molar-refractivity contribution < 1.29 is 0 Å². The molecule has 0 N–H and O–H groups in total. The molecule has 13 rings (SSSR count). The molecule has 2 aliphatic rings. The van der Waals surface area contributed by atoms with Gasteiger partial charge in [-0.3, -0.25) is 0 Å². The van der Waals surface area contributed by atoms with Gasteiger partial charge in [-0.1, -0.05) is 194 Å². The SMILES string of the molecule is c1cc(-c2ccc3c4c(cccc24)C2(c4ccccc4-c4ccccc42)c2ccccc2-3)cc(-c2c3ccc4ccccc4c3nc3c2ccc2ccccc23)c1. The van der Waals surface area contributed by atoms with Gasteiger partial charge in [0.25, 0.3) is 0 Å². The summed E-state index contributed by atoms with van der Waals surface area (Å²) in [6.45, 7) is 0. The van der Waals surface area contributed by atoms with Crippen LogP contribution in [0, 0.1) is 0 Å². The summed E-state index contributed by atoms with van der Waals surface area (Å²) in [5.41, 5.74) is 17.2. The monoisotopic (exact) mass is 719 g/mol. The number of fused-ring (bicyclic) bond motifs is 15. The zero-order chi connectivity index (χ0) is 37.2. The fourth-order valence-electron chi connectivity index (χ4n) is 10.8. The number of benzene rings is 10. The second-order valence-electron chi connectivity index (χ2n) is 15.7. The lowest BCUT2D eigenvalue weighted by atomic mass is 9.61. The number of rotatable bonds is 2. The fourth-order valence-corrected chi connectivity index (χ4v) is 10.8. The summed E-state index contributed by atoms with van der Waals surface area (Å²) in [5, 5.41) is 9.71. The van der Waals surface area contributed by atoms with Crippen molar-refractivity contribution in [2.24, 2.45) is 0 Å². The van der Waals surface area contributed by atoms with Crippen molar-refractivity contribution in [2.45, 2.75) is 5.41 Å². The van der Waals surface area contributed by atoms with Crippen LogP contribution >= 0.6 is 0 Å². The van der Waals surface area contributed by atoms with Crippen LogP contribution in [0.2, 0.25) is 0 Å². The Bertz CT molecular complexity index is 3400. The van der Waals surface area contributed by atoms with E-state index in [1.54, 1.807) is 0 Å². The Hall–Kier alpha value is -7.35. The van der Waals surface area contributed by atoms with Crippen LogP contribution in [0.4, 0.5) is 0 Å². The van der Waals surface area contributed by atoms with Crippen molar-refractivity contribution in [3.8, 4) is 44.5 Å². The Morgan fingerprint density at radius 2 is 0.772 bits per heavy atom. The second-order valence-corrected chi connectivity index (χ2v) is 15.7. The first-order valence-electron chi connectivity index (χ1n) is 19.9. The Morgan fingerprint density at radius 1 is 0.298 bits per heavy atom. The molecule has 0 amide bonds. The Balaban J connectivity index is 1.10. The highest BCUT2D eigenvalue weighted by atomic mass is 14.7. The van der Waals surface area contributed by atoms with Crippen LogP contribution in [0.3, 0.4) is 0 Å². The van der Waals surface area contributed by atoms with Crippen LogP contribution in [0.25, 0.3) is 98.6 Å². The molecular formula is C56H33N. The van der Waals surface area contributed by atoms with E-state index in [1.165, 1.54) is 110 Å². The third kappa shape index (κ3) is 4.00. The highest BCUT2D eigenvalue weighted by Crippen LogP contribution is 2.62. The van der Waals surface area contributed by atoms with E-state index in [-0.39, 0.29) is 0 Å². The Morgan fingerprint density at radius 3 is 1.40 bits per heavy atom. The molecule has 0 saturated heterocycles. The minimum atomic E-state index is -0.419. The molecule has 10 aromatic carbocycles. The number of hydrogen-bond donors (Lipinski definition) is 0. The maximum atomic E-state index is 5.46. The van der Waals surface area contributed by atoms with Gasteiger partial charge >= 0.3 is 0 Å². The van der Waals surface area contributed by atoms with Crippen molar-refractivity contribution in [3.63, 3.8) is 0 Å². The highest BCUT2D eigenvalue weighted by Gasteiger charge is 2.49. The molecule has 1 aromatic heterocycles. The molecule has 11 aromatic rings. The zero-order valence-corrected chi connectivity index (χ0v) is 31.0. The van der Waals surface area contributed by atoms with E-state index < -0.39 is 5.41 Å². The first-order valence-corrected chi connectivity index (χ1v) is 19.9. The lowest BCUT2D eigenvalue weighted by Gasteiger charge is -2.40. The lowest BCUT2D eigenvalue weighted by Crippen LogP contribution is -2.31. The molecule has 0 fully saturated rings. The second kappa shape index (κ2) is 11.4. The first kappa shape index (κ1) is 30.9. The molecule has 1 nitrogen and oxygen atoms in total. The van der Waals surface area contributed by atoms with Crippen molar-refractivity contribution in [3.05, 3.63) is 222 Å². The highest BCUT2D eigenvalue weighted by molar-refractivity contribution is 6.21. The van der Waals surface area contributed by atoms with Gasteiger partial charge in [-0.2, -0.15) is 0 Å². The molecule has 0 bridgehead atoms. The van der Waals surface area contributed by atoms with Gasteiger partial charge in [-0.25, -0.2) is 4.98 Å². The van der Waals surface area contributed by atoms with E-state index in [9.17, 15) is 0 Å². The van der Waals surface area contributed by atoms with E-state index in [0.717, 1.165) is 11.0 Å². The summed E-state index contributed by atoms with van der Waals surface area (Å²) in [6.07, 6.45) is 0. The van der Waals surface area contributed by atoms with Crippen molar-refractivity contribution in [1.82, 2.24) is 4.98 Å². The van der Waals surface area contributed by atoms with Crippen LogP contribution < -0.4 is 0 Å². The summed E-state index contributed by atoms with van der Waals surface area (Å²) in [4.78, 5) is 5.46. The van der Waals surface area contributed by atoms with E-state index in [4.69, 9.17) is 4.98 Å². The summed E-state index contributed by atoms with van der Waals surface area (Å²) >= 11 is 0. The summed E-state index contributed by atoms with van der Waals surface area (Å²) < 4.78 is 0. The van der Waals surface area contributed by atoms with E-state index in [2.05, 4.69) is 200 Å². The number of pyridine rings is 1. The van der Waals surface area contributed by atoms with Gasteiger partial charge in [0.15, 0.2) is 0 Å². The van der Waals surface area contributed by atoms with Gasteiger partial charge in [0.1, 0.15) is 0 Å². The molecule has 1 heteroatoms. The Labute approximate surface area is 330 Å². The van der Waals surface area contributed by atoms with Gasteiger partial charge in [0.2, 0.25) is 0 Å². The average molecular weight is 720 g/mol. The number of aromatic nitrogens is 1.